The first-order valence-corrected chi connectivity index (χ1v) is 3.91. The normalized spacial score (nSPS) is 21.7. The molecule has 0 aromatic heterocycles. The van der Waals surface area contributed by atoms with E-state index in [2.05, 4.69) is 6.92 Å². The maximum absolute atomic E-state index is 10.4. The Hall–Kier alpha value is -0.530. The number of rotatable bonds is 3. The van der Waals surface area contributed by atoms with Crippen LogP contribution in [0.5, 0.6) is 0 Å². The molecule has 1 amide bonds. The van der Waals surface area contributed by atoms with Gasteiger partial charge in [-0.1, -0.05) is 13.3 Å². The summed E-state index contributed by atoms with van der Waals surface area (Å²) in [5.74, 6) is -0.159. The quantitative estimate of drug-likeness (QED) is 0.635. The van der Waals surface area contributed by atoms with Crippen LogP contribution in [0, 0.1) is 5.41 Å². The second-order valence-corrected chi connectivity index (χ2v) is 3.63. The summed E-state index contributed by atoms with van der Waals surface area (Å²) >= 11 is 0. The fourth-order valence-corrected chi connectivity index (χ4v) is 1.46. The average Bonchev–Trinajstić information content (AvgIpc) is 1.79. The van der Waals surface area contributed by atoms with Crippen molar-refractivity contribution < 1.29 is 4.79 Å². The van der Waals surface area contributed by atoms with Gasteiger partial charge in [-0.2, -0.15) is 0 Å². The first-order valence-electron chi connectivity index (χ1n) is 3.91. The topological polar surface area (TPSA) is 43.1 Å². The highest BCUT2D eigenvalue weighted by Gasteiger charge is 2.31. The molecule has 1 saturated carbocycles. The Bertz CT molecular complexity index is 138. The van der Waals surface area contributed by atoms with Crippen LogP contribution in [-0.2, 0) is 4.79 Å². The molecular weight excluding hydrogens is 126 g/mol. The molecule has 0 spiro atoms. The van der Waals surface area contributed by atoms with Crippen molar-refractivity contribution in [1.82, 2.24) is 0 Å². The van der Waals surface area contributed by atoms with E-state index in [9.17, 15) is 4.79 Å². The second-order valence-electron chi connectivity index (χ2n) is 3.63. The van der Waals surface area contributed by atoms with E-state index in [-0.39, 0.29) is 5.91 Å². The molecule has 0 atom stereocenters. The Morgan fingerprint density at radius 3 is 2.50 bits per heavy atom. The fourth-order valence-electron chi connectivity index (χ4n) is 1.46. The molecule has 1 aliphatic rings. The van der Waals surface area contributed by atoms with Crippen molar-refractivity contribution in [1.29, 1.82) is 0 Å². The van der Waals surface area contributed by atoms with Crippen molar-refractivity contribution >= 4 is 5.91 Å². The molecule has 2 N–H and O–H groups in total. The minimum atomic E-state index is -0.159. The Morgan fingerprint density at radius 1 is 1.60 bits per heavy atom. The SMILES string of the molecule is CC1(CCC(N)=O)CCC1. The van der Waals surface area contributed by atoms with E-state index in [1.807, 2.05) is 0 Å². The first-order chi connectivity index (χ1) is 4.62. The molecule has 0 heterocycles. The molecule has 0 aromatic carbocycles. The lowest BCUT2D eigenvalue weighted by Gasteiger charge is -2.38. The van der Waals surface area contributed by atoms with Gasteiger partial charge in [-0.15, -0.1) is 0 Å². The van der Waals surface area contributed by atoms with Gasteiger partial charge >= 0.3 is 0 Å². The van der Waals surface area contributed by atoms with Gasteiger partial charge in [-0.25, -0.2) is 0 Å². The molecular formula is C8H15NO. The number of primary amides is 1. The van der Waals surface area contributed by atoms with Crippen LogP contribution in [0.4, 0.5) is 0 Å². The molecule has 0 saturated heterocycles. The predicted octanol–water partition coefficient (Wildman–Crippen LogP) is 1.44. The minimum absolute atomic E-state index is 0.159. The van der Waals surface area contributed by atoms with E-state index in [1.165, 1.54) is 19.3 Å². The number of hydrogen-bond donors (Lipinski definition) is 1. The number of nitrogens with two attached hydrogens (primary N) is 1. The summed E-state index contributed by atoms with van der Waals surface area (Å²) < 4.78 is 0. The highest BCUT2D eigenvalue weighted by atomic mass is 16.1. The van der Waals surface area contributed by atoms with Crippen molar-refractivity contribution in [3.63, 3.8) is 0 Å². The molecule has 2 nitrogen and oxygen atoms in total. The molecule has 58 valence electrons. The Morgan fingerprint density at radius 2 is 2.20 bits per heavy atom. The second kappa shape index (κ2) is 2.60. The molecule has 2 heteroatoms. The minimum Gasteiger partial charge on any atom is -0.370 e. The van der Waals surface area contributed by atoms with Gasteiger partial charge in [0.25, 0.3) is 0 Å². The Kier molecular flexibility index (Phi) is 1.97. The zero-order valence-corrected chi connectivity index (χ0v) is 6.52. The molecule has 1 rings (SSSR count). The van der Waals surface area contributed by atoms with Crippen molar-refractivity contribution in [3.05, 3.63) is 0 Å². The Balaban J connectivity index is 2.18. The van der Waals surface area contributed by atoms with Crippen LogP contribution >= 0.6 is 0 Å². The summed E-state index contributed by atoms with van der Waals surface area (Å²) in [6.07, 6.45) is 5.44. The van der Waals surface area contributed by atoms with E-state index in [0.29, 0.717) is 11.8 Å². The van der Waals surface area contributed by atoms with E-state index < -0.39 is 0 Å². The lowest BCUT2D eigenvalue weighted by Crippen LogP contribution is -2.27. The fraction of sp³-hybridized carbons (Fsp3) is 0.875. The maximum atomic E-state index is 10.4. The lowest BCUT2D eigenvalue weighted by atomic mass is 9.68. The van der Waals surface area contributed by atoms with Crippen LogP contribution in [0.1, 0.15) is 39.0 Å². The van der Waals surface area contributed by atoms with Gasteiger partial charge in [0.15, 0.2) is 0 Å². The van der Waals surface area contributed by atoms with Gasteiger partial charge in [0.2, 0.25) is 5.91 Å². The van der Waals surface area contributed by atoms with Gasteiger partial charge in [0.05, 0.1) is 0 Å². The van der Waals surface area contributed by atoms with Gasteiger partial charge < -0.3 is 5.73 Å². The van der Waals surface area contributed by atoms with Crippen LogP contribution in [0.2, 0.25) is 0 Å². The summed E-state index contributed by atoms with van der Waals surface area (Å²) in [5.41, 5.74) is 5.49. The van der Waals surface area contributed by atoms with Crippen molar-refractivity contribution in [2.45, 2.75) is 39.0 Å². The van der Waals surface area contributed by atoms with Crippen LogP contribution in [0.15, 0.2) is 0 Å². The molecule has 0 aromatic rings. The van der Waals surface area contributed by atoms with Gasteiger partial charge in [-0.3, -0.25) is 4.79 Å². The maximum Gasteiger partial charge on any atom is 0.217 e. The van der Waals surface area contributed by atoms with Gasteiger partial charge in [0.1, 0.15) is 0 Å². The lowest BCUT2D eigenvalue weighted by molar-refractivity contribution is -0.118. The molecule has 1 fully saturated rings. The number of hydrogen-bond acceptors (Lipinski definition) is 1. The van der Waals surface area contributed by atoms with Crippen LogP contribution < -0.4 is 5.73 Å². The smallest absolute Gasteiger partial charge is 0.217 e. The third kappa shape index (κ3) is 1.72. The third-order valence-corrected chi connectivity index (χ3v) is 2.54. The zero-order valence-electron chi connectivity index (χ0n) is 6.52. The molecule has 1 aliphatic carbocycles. The standard InChI is InChI=1S/C8H15NO/c1-8(4-2-5-8)6-3-7(9)10/h2-6H2,1H3,(H2,9,10). The first kappa shape index (κ1) is 7.58. The molecule has 0 aliphatic heterocycles. The summed E-state index contributed by atoms with van der Waals surface area (Å²) in [6.45, 7) is 2.24. The molecule has 0 radical (unpaired) electrons. The van der Waals surface area contributed by atoms with Crippen LogP contribution in [-0.4, -0.2) is 5.91 Å². The summed E-state index contributed by atoms with van der Waals surface area (Å²) in [7, 11) is 0. The summed E-state index contributed by atoms with van der Waals surface area (Å²) in [6, 6.07) is 0. The average molecular weight is 141 g/mol. The largest absolute Gasteiger partial charge is 0.370 e. The molecule has 0 unspecified atom stereocenters. The number of carbonyl (C=O) groups excluding carboxylic acids is 1. The highest BCUT2D eigenvalue weighted by Crippen LogP contribution is 2.43. The summed E-state index contributed by atoms with van der Waals surface area (Å²) in [4.78, 5) is 10.4. The number of amides is 1. The Labute approximate surface area is 61.8 Å². The predicted molar refractivity (Wildman–Crippen MR) is 40.4 cm³/mol. The van der Waals surface area contributed by atoms with Crippen molar-refractivity contribution in [2.75, 3.05) is 0 Å². The zero-order chi connectivity index (χ0) is 7.61. The highest BCUT2D eigenvalue weighted by molar-refractivity contribution is 5.73. The van der Waals surface area contributed by atoms with Gasteiger partial charge in [0, 0.05) is 6.42 Å². The van der Waals surface area contributed by atoms with Crippen LogP contribution in [0.3, 0.4) is 0 Å². The van der Waals surface area contributed by atoms with E-state index in [0.717, 1.165) is 6.42 Å². The van der Waals surface area contributed by atoms with Crippen molar-refractivity contribution in [3.8, 4) is 0 Å². The van der Waals surface area contributed by atoms with E-state index >= 15 is 0 Å². The monoisotopic (exact) mass is 141 g/mol. The van der Waals surface area contributed by atoms with Crippen molar-refractivity contribution in [2.24, 2.45) is 11.1 Å². The molecule has 0 bridgehead atoms. The van der Waals surface area contributed by atoms with Gasteiger partial charge in [-0.05, 0) is 24.7 Å². The number of carbonyl (C=O) groups is 1. The van der Waals surface area contributed by atoms with Crippen LogP contribution in [0.25, 0.3) is 0 Å². The third-order valence-electron chi connectivity index (χ3n) is 2.54. The van der Waals surface area contributed by atoms with E-state index in [1.54, 1.807) is 0 Å². The van der Waals surface area contributed by atoms with E-state index in [4.69, 9.17) is 5.73 Å². The summed E-state index contributed by atoms with van der Waals surface area (Å²) in [5, 5.41) is 0. The molecule has 10 heavy (non-hydrogen) atoms.